The molecule has 1 aromatic rings. The maximum absolute atomic E-state index is 12.6. The van der Waals surface area contributed by atoms with Crippen LogP contribution in [-0.2, 0) is 25.7 Å². The highest BCUT2D eigenvalue weighted by Crippen LogP contribution is 2.42. The van der Waals surface area contributed by atoms with E-state index in [1.807, 2.05) is 44.2 Å². The van der Waals surface area contributed by atoms with Gasteiger partial charge in [0, 0.05) is 12.6 Å². The van der Waals surface area contributed by atoms with Crippen LogP contribution in [0.3, 0.4) is 0 Å². The molecule has 1 aliphatic heterocycles. The number of nitrogens with one attached hydrogen (secondary N) is 1. The van der Waals surface area contributed by atoms with Crippen LogP contribution >= 0.6 is 0 Å². The minimum absolute atomic E-state index is 0.0772. The van der Waals surface area contributed by atoms with Gasteiger partial charge in [0.15, 0.2) is 6.61 Å². The number of imide groups is 1. The molecule has 1 heterocycles. The molecule has 0 spiro atoms. The van der Waals surface area contributed by atoms with Gasteiger partial charge in [-0.1, -0.05) is 30.3 Å². The average Bonchev–Trinajstić information content (AvgIpc) is 3.51. The monoisotopic (exact) mass is 401 g/mol. The predicted molar refractivity (Wildman–Crippen MR) is 104 cm³/mol. The van der Waals surface area contributed by atoms with Gasteiger partial charge in [-0.25, -0.2) is 4.79 Å². The summed E-state index contributed by atoms with van der Waals surface area (Å²) < 4.78 is 5.07. The summed E-state index contributed by atoms with van der Waals surface area (Å²) in [5.41, 5.74) is 0.0247. The summed E-state index contributed by atoms with van der Waals surface area (Å²) in [5, 5.41) is 2.68. The van der Waals surface area contributed by atoms with Gasteiger partial charge in [-0.15, -0.1) is 0 Å². The first-order valence-corrected chi connectivity index (χ1v) is 9.85. The molecule has 2 fully saturated rings. The number of nitrogens with zero attached hydrogens (tertiary/aromatic N) is 2. The first kappa shape index (κ1) is 20.8. The van der Waals surface area contributed by atoms with Gasteiger partial charge in [0.2, 0.25) is 0 Å². The average molecular weight is 401 g/mol. The first-order chi connectivity index (χ1) is 13.7. The minimum atomic E-state index is -0.947. The highest BCUT2D eigenvalue weighted by molar-refractivity contribution is 6.08. The van der Waals surface area contributed by atoms with Crippen molar-refractivity contribution >= 4 is 23.8 Å². The SMILES string of the molecule is CC(C)N(Cc1ccccc1)C(=O)COC(=O)CN1C(=O)NC(C)(C2CC2)C1=O. The predicted octanol–water partition coefficient (Wildman–Crippen LogP) is 1.69. The Morgan fingerprint density at radius 2 is 1.90 bits per heavy atom. The lowest BCUT2D eigenvalue weighted by Gasteiger charge is -2.27. The number of benzene rings is 1. The Bertz CT molecular complexity index is 806. The van der Waals surface area contributed by atoms with Gasteiger partial charge in [0.05, 0.1) is 0 Å². The number of ether oxygens (including phenoxy) is 1. The van der Waals surface area contributed by atoms with Crippen molar-refractivity contribution in [1.82, 2.24) is 15.1 Å². The van der Waals surface area contributed by atoms with E-state index >= 15 is 0 Å². The van der Waals surface area contributed by atoms with E-state index in [4.69, 9.17) is 4.74 Å². The molecule has 3 rings (SSSR count). The summed E-state index contributed by atoms with van der Waals surface area (Å²) in [4.78, 5) is 51.9. The third-order valence-corrected chi connectivity index (χ3v) is 5.48. The van der Waals surface area contributed by atoms with E-state index in [2.05, 4.69) is 5.32 Å². The zero-order chi connectivity index (χ0) is 21.2. The van der Waals surface area contributed by atoms with Crippen LogP contribution in [0.1, 0.15) is 39.2 Å². The molecule has 156 valence electrons. The van der Waals surface area contributed by atoms with Gasteiger partial charge in [0.25, 0.3) is 11.8 Å². The topological polar surface area (TPSA) is 96.0 Å². The minimum Gasteiger partial charge on any atom is -0.454 e. The standard InChI is InChI=1S/C21H27N3O5/c1-14(2)23(11-15-7-5-4-6-8-15)17(25)13-29-18(26)12-24-19(27)21(3,16-9-10-16)22-20(24)28/h4-8,14,16H,9-13H2,1-3H3,(H,22,28). The number of urea groups is 1. The van der Waals surface area contributed by atoms with Crippen LogP contribution in [0.5, 0.6) is 0 Å². The van der Waals surface area contributed by atoms with Crippen molar-refractivity contribution in [1.29, 1.82) is 0 Å². The molecule has 29 heavy (non-hydrogen) atoms. The molecule has 1 atom stereocenters. The van der Waals surface area contributed by atoms with Gasteiger partial charge in [-0.05, 0) is 45.1 Å². The number of esters is 1. The van der Waals surface area contributed by atoms with Crippen molar-refractivity contribution in [3.05, 3.63) is 35.9 Å². The number of carbonyl (C=O) groups excluding carboxylic acids is 4. The molecule has 2 aliphatic rings. The second-order valence-electron chi connectivity index (χ2n) is 8.06. The summed E-state index contributed by atoms with van der Waals surface area (Å²) in [6, 6.07) is 8.85. The fraction of sp³-hybridized carbons (Fsp3) is 0.524. The number of hydrogen-bond acceptors (Lipinski definition) is 5. The van der Waals surface area contributed by atoms with E-state index in [1.165, 1.54) is 0 Å². The number of rotatable bonds is 8. The number of carbonyl (C=O) groups is 4. The molecule has 0 bridgehead atoms. The van der Waals surface area contributed by atoms with Crippen molar-refractivity contribution in [3.63, 3.8) is 0 Å². The van der Waals surface area contributed by atoms with E-state index in [9.17, 15) is 19.2 Å². The van der Waals surface area contributed by atoms with E-state index in [0.717, 1.165) is 23.3 Å². The molecule has 1 saturated carbocycles. The van der Waals surface area contributed by atoms with Crippen molar-refractivity contribution in [2.24, 2.45) is 5.92 Å². The summed E-state index contributed by atoms with van der Waals surface area (Å²) in [6.07, 6.45) is 1.75. The molecular formula is C21H27N3O5. The molecule has 1 aliphatic carbocycles. The van der Waals surface area contributed by atoms with E-state index in [0.29, 0.717) is 6.54 Å². The second kappa shape index (κ2) is 8.23. The van der Waals surface area contributed by atoms with Gasteiger partial charge < -0.3 is 15.0 Å². The Morgan fingerprint density at radius 1 is 1.24 bits per heavy atom. The molecule has 1 saturated heterocycles. The fourth-order valence-electron chi connectivity index (χ4n) is 3.54. The maximum atomic E-state index is 12.6. The lowest BCUT2D eigenvalue weighted by atomic mass is 9.96. The molecule has 8 nitrogen and oxygen atoms in total. The summed E-state index contributed by atoms with van der Waals surface area (Å²) >= 11 is 0. The Labute approximate surface area is 170 Å². The van der Waals surface area contributed by atoms with Crippen molar-refractivity contribution in [2.75, 3.05) is 13.2 Å². The quantitative estimate of drug-likeness (QED) is 0.528. The lowest BCUT2D eigenvalue weighted by Crippen LogP contribution is -2.46. The van der Waals surface area contributed by atoms with Crippen molar-refractivity contribution in [2.45, 2.75) is 51.7 Å². The Kier molecular flexibility index (Phi) is 5.91. The summed E-state index contributed by atoms with van der Waals surface area (Å²) in [5.74, 6) is -1.43. The van der Waals surface area contributed by atoms with E-state index in [-0.39, 0.29) is 17.9 Å². The van der Waals surface area contributed by atoms with Crippen LogP contribution in [0.2, 0.25) is 0 Å². The van der Waals surface area contributed by atoms with Gasteiger partial charge in [0.1, 0.15) is 12.1 Å². The fourth-order valence-corrected chi connectivity index (χ4v) is 3.54. The van der Waals surface area contributed by atoms with Crippen molar-refractivity contribution in [3.8, 4) is 0 Å². The van der Waals surface area contributed by atoms with Gasteiger partial charge in [-0.2, -0.15) is 0 Å². The maximum Gasteiger partial charge on any atom is 0.326 e. The Balaban J connectivity index is 1.53. The third-order valence-electron chi connectivity index (χ3n) is 5.48. The van der Waals surface area contributed by atoms with Crippen LogP contribution in [-0.4, -0.2) is 58.3 Å². The third kappa shape index (κ3) is 4.58. The van der Waals surface area contributed by atoms with Crippen LogP contribution < -0.4 is 5.32 Å². The Hall–Kier alpha value is -2.90. The van der Waals surface area contributed by atoms with Gasteiger partial charge >= 0.3 is 12.0 Å². The molecule has 0 aromatic heterocycles. The van der Waals surface area contributed by atoms with Crippen LogP contribution in [0.25, 0.3) is 0 Å². The van der Waals surface area contributed by atoms with Gasteiger partial charge in [-0.3, -0.25) is 19.3 Å². The van der Waals surface area contributed by atoms with Crippen molar-refractivity contribution < 1.29 is 23.9 Å². The second-order valence-corrected chi connectivity index (χ2v) is 8.06. The Morgan fingerprint density at radius 3 is 2.48 bits per heavy atom. The van der Waals surface area contributed by atoms with Crippen LogP contribution in [0.4, 0.5) is 4.79 Å². The normalized spacial score (nSPS) is 21.3. The summed E-state index contributed by atoms with van der Waals surface area (Å²) in [7, 11) is 0. The first-order valence-electron chi connectivity index (χ1n) is 9.85. The molecule has 1 aromatic carbocycles. The van der Waals surface area contributed by atoms with E-state index < -0.39 is 36.6 Å². The number of hydrogen-bond donors (Lipinski definition) is 1. The lowest BCUT2D eigenvalue weighted by molar-refractivity contribution is -0.154. The highest BCUT2D eigenvalue weighted by Gasteiger charge is 2.56. The van der Waals surface area contributed by atoms with Crippen LogP contribution in [0.15, 0.2) is 30.3 Å². The van der Waals surface area contributed by atoms with Crippen LogP contribution in [0, 0.1) is 5.92 Å². The molecule has 4 amide bonds. The largest absolute Gasteiger partial charge is 0.454 e. The zero-order valence-electron chi connectivity index (χ0n) is 17.0. The smallest absolute Gasteiger partial charge is 0.326 e. The van der Waals surface area contributed by atoms with E-state index in [1.54, 1.807) is 11.8 Å². The molecule has 8 heteroatoms. The number of amides is 4. The zero-order valence-corrected chi connectivity index (χ0v) is 17.0. The molecule has 1 N–H and O–H groups in total. The molecular weight excluding hydrogens is 374 g/mol. The molecule has 0 radical (unpaired) electrons. The summed E-state index contributed by atoms with van der Waals surface area (Å²) in [6.45, 7) is 4.92. The highest BCUT2D eigenvalue weighted by atomic mass is 16.5. The molecule has 1 unspecified atom stereocenters.